The fraction of sp³-hybridized carbons (Fsp3) is 0.952. The van der Waals surface area contributed by atoms with Crippen LogP contribution >= 0.6 is 0 Å². The molecule has 0 N–H and O–H groups in total. The number of nitrogens with zero attached hydrogens (tertiary/aromatic N) is 1. The fourth-order valence-corrected chi connectivity index (χ4v) is 5.35. The lowest BCUT2D eigenvalue weighted by molar-refractivity contribution is 0.00470. The first-order chi connectivity index (χ1) is 11.8. The van der Waals surface area contributed by atoms with Gasteiger partial charge in [0, 0.05) is 6.04 Å². The Morgan fingerprint density at radius 2 is 1.50 bits per heavy atom. The molecule has 2 aliphatic carbocycles. The summed E-state index contributed by atoms with van der Waals surface area (Å²) in [7, 11) is -1.86. The zero-order valence-electron chi connectivity index (χ0n) is 18.1. The van der Waals surface area contributed by atoms with Gasteiger partial charge in [0.2, 0.25) is 0 Å². The van der Waals surface area contributed by atoms with Crippen LogP contribution in [0, 0.1) is 11.8 Å². The third kappa shape index (κ3) is 4.29. The van der Waals surface area contributed by atoms with E-state index in [0.29, 0.717) is 17.9 Å². The molecular weight excluding hydrogens is 342 g/mol. The molecule has 1 saturated heterocycles. The number of ether oxygens (including phenoxy) is 1. The number of carbonyl (C=O) groups is 1. The molecule has 3 aliphatic rings. The van der Waals surface area contributed by atoms with Crippen LogP contribution in [0.15, 0.2) is 0 Å². The first kappa shape index (κ1) is 20.2. The van der Waals surface area contributed by atoms with Gasteiger partial charge in [-0.25, -0.2) is 4.79 Å². The number of hydrogen-bond donors (Lipinski definition) is 0. The van der Waals surface area contributed by atoms with Crippen LogP contribution in [0.1, 0.15) is 73.6 Å². The Bertz CT molecular complexity index is 540. The van der Waals surface area contributed by atoms with E-state index >= 15 is 0 Å². The molecule has 3 fully saturated rings. The molecule has 3 atom stereocenters. The normalized spacial score (nSPS) is 30.6. The minimum atomic E-state index is -1.86. The Labute approximate surface area is 161 Å². The van der Waals surface area contributed by atoms with Crippen molar-refractivity contribution in [3.63, 3.8) is 0 Å². The predicted octanol–water partition coefficient (Wildman–Crippen LogP) is 5.57. The third-order valence-electron chi connectivity index (χ3n) is 6.66. The minimum Gasteiger partial charge on any atom is -0.444 e. The Hall–Kier alpha value is -0.553. The lowest BCUT2D eigenvalue weighted by atomic mass is 10.1. The molecule has 0 aromatic carbocycles. The molecule has 0 aromatic heterocycles. The SMILES string of the molecule is CC(C)(C)OC(=O)N1C(C2CC2)C[C@@H](O[Si](C)(C)C(C)(C)C)[C@@H]1C1CC1. The van der Waals surface area contributed by atoms with Gasteiger partial charge < -0.3 is 9.16 Å². The van der Waals surface area contributed by atoms with Crippen LogP contribution in [0.5, 0.6) is 0 Å². The predicted molar refractivity (Wildman–Crippen MR) is 108 cm³/mol. The topological polar surface area (TPSA) is 38.8 Å². The van der Waals surface area contributed by atoms with Crippen LogP contribution in [-0.4, -0.2) is 43.1 Å². The summed E-state index contributed by atoms with van der Waals surface area (Å²) in [4.78, 5) is 15.2. The van der Waals surface area contributed by atoms with Crippen molar-refractivity contribution in [1.29, 1.82) is 0 Å². The Kier molecular flexibility index (Phi) is 5.05. The maximum Gasteiger partial charge on any atom is 0.410 e. The second-order valence-electron chi connectivity index (χ2n) is 11.3. The molecule has 4 nitrogen and oxygen atoms in total. The highest BCUT2D eigenvalue weighted by molar-refractivity contribution is 6.74. The van der Waals surface area contributed by atoms with Gasteiger partial charge >= 0.3 is 6.09 Å². The van der Waals surface area contributed by atoms with Gasteiger partial charge in [-0.05, 0) is 82.8 Å². The van der Waals surface area contributed by atoms with Crippen molar-refractivity contribution in [2.24, 2.45) is 11.8 Å². The number of amides is 1. The fourth-order valence-electron chi connectivity index (χ4n) is 4.01. The number of rotatable bonds is 4. The highest BCUT2D eigenvalue weighted by Crippen LogP contribution is 2.51. The molecule has 0 radical (unpaired) electrons. The molecule has 1 heterocycles. The molecule has 150 valence electrons. The van der Waals surface area contributed by atoms with Gasteiger partial charge in [-0.3, -0.25) is 4.90 Å². The van der Waals surface area contributed by atoms with Crippen molar-refractivity contribution < 1.29 is 14.0 Å². The van der Waals surface area contributed by atoms with Crippen LogP contribution in [0.3, 0.4) is 0 Å². The van der Waals surface area contributed by atoms with Crippen LogP contribution in [0.2, 0.25) is 18.1 Å². The van der Waals surface area contributed by atoms with Crippen LogP contribution in [0.25, 0.3) is 0 Å². The van der Waals surface area contributed by atoms with Gasteiger partial charge in [-0.2, -0.15) is 0 Å². The molecule has 0 aromatic rings. The lowest BCUT2D eigenvalue weighted by Gasteiger charge is -2.40. The van der Waals surface area contributed by atoms with E-state index in [1.54, 1.807) is 0 Å². The van der Waals surface area contributed by atoms with Gasteiger partial charge in [-0.15, -0.1) is 0 Å². The summed E-state index contributed by atoms with van der Waals surface area (Å²) in [5, 5.41) is 0.190. The number of hydrogen-bond acceptors (Lipinski definition) is 3. The quantitative estimate of drug-likeness (QED) is 0.597. The molecule has 1 unspecified atom stereocenters. The second-order valence-corrected chi connectivity index (χ2v) is 16.0. The van der Waals surface area contributed by atoms with Gasteiger partial charge in [0.15, 0.2) is 8.32 Å². The summed E-state index contributed by atoms with van der Waals surface area (Å²) < 4.78 is 12.7. The standard InChI is InChI=1S/C21H39NO3Si/c1-20(2,3)24-19(23)22-16(14-9-10-14)13-17(18(22)15-11-12-15)25-26(7,8)21(4,5)6/h14-18H,9-13H2,1-8H3/t16?,17-,18+/m1/s1. The summed E-state index contributed by atoms with van der Waals surface area (Å²) in [5.41, 5.74) is -0.447. The average Bonchev–Trinajstić information content (AvgIpc) is 3.33. The number of carbonyl (C=O) groups excluding carboxylic acids is 1. The summed E-state index contributed by atoms with van der Waals surface area (Å²) in [6.45, 7) is 17.4. The van der Waals surface area contributed by atoms with Crippen molar-refractivity contribution in [3.8, 4) is 0 Å². The Morgan fingerprint density at radius 3 is 1.92 bits per heavy atom. The van der Waals surface area contributed by atoms with Crippen LogP contribution in [-0.2, 0) is 9.16 Å². The van der Waals surface area contributed by atoms with Crippen LogP contribution < -0.4 is 0 Å². The van der Waals surface area contributed by atoms with E-state index in [4.69, 9.17) is 9.16 Å². The summed E-state index contributed by atoms with van der Waals surface area (Å²) in [6, 6.07) is 0.523. The largest absolute Gasteiger partial charge is 0.444 e. The maximum absolute atomic E-state index is 13.1. The average molecular weight is 382 g/mol. The summed E-state index contributed by atoms with van der Waals surface area (Å²) in [6.07, 6.45) is 5.99. The molecule has 0 bridgehead atoms. The Morgan fingerprint density at radius 1 is 0.962 bits per heavy atom. The monoisotopic (exact) mass is 381 g/mol. The van der Waals surface area contributed by atoms with E-state index in [0.717, 1.165) is 6.42 Å². The zero-order valence-corrected chi connectivity index (χ0v) is 19.1. The van der Waals surface area contributed by atoms with Gasteiger partial charge in [-0.1, -0.05) is 20.8 Å². The Balaban J connectivity index is 1.84. The molecule has 1 amide bonds. The summed E-state index contributed by atoms with van der Waals surface area (Å²) in [5.74, 6) is 1.25. The van der Waals surface area contributed by atoms with E-state index in [1.807, 2.05) is 20.8 Å². The van der Waals surface area contributed by atoms with Crippen molar-refractivity contribution in [3.05, 3.63) is 0 Å². The van der Waals surface area contributed by atoms with Crippen molar-refractivity contribution in [2.45, 2.75) is 116 Å². The smallest absolute Gasteiger partial charge is 0.410 e. The second kappa shape index (κ2) is 6.51. The molecular formula is C21H39NO3Si. The van der Waals surface area contributed by atoms with Gasteiger partial charge in [0.1, 0.15) is 5.60 Å². The van der Waals surface area contributed by atoms with E-state index < -0.39 is 13.9 Å². The van der Waals surface area contributed by atoms with Crippen LogP contribution in [0.4, 0.5) is 4.79 Å². The zero-order chi connectivity index (χ0) is 19.5. The number of likely N-dealkylation sites (tertiary alicyclic amines) is 1. The van der Waals surface area contributed by atoms with E-state index in [9.17, 15) is 4.79 Å². The highest BCUT2D eigenvalue weighted by atomic mass is 28.4. The van der Waals surface area contributed by atoms with E-state index in [-0.39, 0.29) is 23.3 Å². The first-order valence-electron chi connectivity index (χ1n) is 10.5. The van der Waals surface area contributed by atoms with E-state index in [2.05, 4.69) is 38.8 Å². The van der Waals surface area contributed by atoms with Crippen molar-refractivity contribution in [1.82, 2.24) is 4.90 Å². The maximum atomic E-state index is 13.1. The summed E-state index contributed by atoms with van der Waals surface area (Å²) >= 11 is 0. The van der Waals surface area contributed by atoms with Crippen molar-refractivity contribution in [2.75, 3.05) is 0 Å². The lowest BCUT2D eigenvalue weighted by Crippen LogP contribution is -2.51. The first-order valence-corrected chi connectivity index (χ1v) is 13.4. The van der Waals surface area contributed by atoms with Crippen molar-refractivity contribution >= 4 is 14.4 Å². The van der Waals surface area contributed by atoms with E-state index in [1.165, 1.54) is 25.7 Å². The minimum absolute atomic E-state index is 0.118. The molecule has 3 rings (SSSR count). The molecule has 26 heavy (non-hydrogen) atoms. The molecule has 5 heteroatoms. The van der Waals surface area contributed by atoms with Gasteiger partial charge in [0.05, 0.1) is 12.1 Å². The molecule has 0 spiro atoms. The third-order valence-corrected chi connectivity index (χ3v) is 11.2. The van der Waals surface area contributed by atoms with Gasteiger partial charge in [0.25, 0.3) is 0 Å². The highest BCUT2D eigenvalue weighted by Gasteiger charge is 2.57. The molecule has 2 saturated carbocycles. The molecule has 1 aliphatic heterocycles.